The van der Waals surface area contributed by atoms with Crippen LogP contribution in [0.15, 0.2) is 30.7 Å². The van der Waals surface area contributed by atoms with Crippen LogP contribution in [0.3, 0.4) is 0 Å². The molecular formula is C13H17N5. The molecule has 1 aliphatic heterocycles. The first-order valence-electron chi connectivity index (χ1n) is 6.31. The third-order valence-electron chi connectivity index (χ3n) is 3.37. The molecule has 5 heteroatoms. The number of aromatic nitrogens is 4. The zero-order chi connectivity index (χ0) is 12.4. The Labute approximate surface area is 106 Å². The Hall–Kier alpha value is -1.75. The first-order chi connectivity index (χ1) is 8.81. The minimum Gasteiger partial charge on any atom is -0.295 e. The van der Waals surface area contributed by atoms with E-state index in [0.717, 1.165) is 31.7 Å². The van der Waals surface area contributed by atoms with Crippen LogP contribution >= 0.6 is 0 Å². The molecule has 0 bridgehead atoms. The third kappa shape index (κ3) is 2.41. The molecule has 0 amide bonds. The highest BCUT2D eigenvalue weighted by Crippen LogP contribution is 2.22. The van der Waals surface area contributed by atoms with E-state index < -0.39 is 0 Å². The molecular weight excluding hydrogens is 226 g/mol. The van der Waals surface area contributed by atoms with Crippen molar-refractivity contribution in [2.24, 2.45) is 0 Å². The highest BCUT2D eigenvalue weighted by atomic mass is 15.3. The zero-order valence-corrected chi connectivity index (χ0v) is 10.5. The molecule has 1 aliphatic rings. The summed E-state index contributed by atoms with van der Waals surface area (Å²) in [7, 11) is 0. The predicted octanol–water partition coefficient (Wildman–Crippen LogP) is 1.43. The first kappa shape index (κ1) is 11.3. The number of aryl methyl sites for hydroxylation is 1. The van der Waals surface area contributed by atoms with Crippen LogP contribution in [0.2, 0.25) is 0 Å². The molecule has 3 rings (SSSR count). The van der Waals surface area contributed by atoms with Gasteiger partial charge in [-0.25, -0.2) is 0 Å². The monoisotopic (exact) mass is 243 g/mol. The Balaban J connectivity index is 1.62. The molecule has 2 aromatic heterocycles. The van der Waals surface area contributed by atoms with Crippen LogP contribution in [-0.2, 0) is 6.54 Å². The summed E-state index contributed by atoms with van der Waals surface area (Å²) >= 11 is 0. The van der Waals surface area contributed by atoms with Gasteiger partial charge in [0.2, 0.25) is 0 Å². The van der Waals surface area contributed by atoms with Crippen molar-refractivity contribution in [3.05, 3.63) is 42.0 Å². The van der Waals surface area contributed by atoms with Gasteiger partial charge in [-0.3, -0.25) is 9.58 Å². The van der Waals surface area contributed by atoms with Crippen LogP contribution in [0.5, 0.6) is 0 Å². The zero-order valence-electron chi connectivity index (χ0n) is 10.5. The van der Waals surface area contributed by atoms with E-state index in [9.17, 15) is 0 Å². The largest absolute Gasteiger partial charge is 0.295 e. The normalized spacial score (nSPS) is 20.4. The lowest BCUT2D eigenvalue weighted by Gasteiger charge is -2.15. The van der Waals surface area contributed by atoms with Crippen LogP contribution in [0.25, 0.3) is 0 Å². The quantitative estimate of drug-likeness (QED) is 0.818. The fourth-order valence-electron chi connectivity index (χ4n) is 2.45. The number of hydrogen-bond acceptors (Lipinski definition) is 4. The molecule has 0 radical (unpaired) electrons. The minimum atomic E-state index is 0.496. The molecule has 1 atom stereocenters. The lowest BCUT2D eigenvalue weighted by molar-refractivity contribution is 0.307. The van der Waals surface area contributed by atoms with Gasteiger partial charge in [-0.1, -0.05) is 0 Å². The van der Waals surface area contributed by atoms with Crippen LogP contribution in [0.1, 0.15) is 23.7 Å². The third-order valence-corrected chi connectivity index (χ3v) is 3.37. The standard InChI is InChI=1S/C13H17N5/c1-11-7-15-18(8-11)13-4-6-17(10-13)9-12-3-2-5-14-16-12/h2-3,5,7-8,13H,4,6,9-10H2,1H3. The van der Waals surface area contributed by atoms with E-state index in [1.807, 2.05) is 18.3 Å². The summed E-state index contributed by atoms with van der Waals surface area (Å²) in [6, 6.07) is 4.46. The molecule has 1 saturated heterocycles. The van der Waals surface area contributed by atoms with Crippen molar-refractivity contribution in [3.8, 4) is 0 Å². The van der Waals surface area contributed by atoms with E-state index in [1.165, 1.54) is 5.56 Å². The van der Waals surface area contributed by atoms with Crippen LogP contribution in [0.4, 0.5) is 0 Å². The SMILES string of the molecule is Cc1cnn(C2CCN(Cc3cccnn3)C2)c1. The van der Waals surface area contributed by atoms with E-state index in [-0.39, 0.29) is 0 Å². The molecule has 2 aromatic rings. The Kier molecular flexibility index (Phi) is 3.06. The first-order valence-corrected chi connectivity index (χ1v) is 6.31. The summed E-state index contributed by atoms with van der Waals surface area (Å²) in [6.07, 6.45) is 6.91. The summed E-state index contributed by atoms with van der Waals surface area (Å²) in [5.74, 6) is 0. The van der Waals surface area contributed by atoms with Gasteiger partial charge in [0.05, 0.1) is 17.9 Å². The van der Waals surface area contributed by atoms with Crippen LogP contribution in [-0.4, -0.2) is 38.0 Å². The maximum absolute atomic E-state index is 4.40. The molecule has 0 aromatic carbocycles. The fourth-order valence-corrected chi connectivity index (χ4v) is 2.45. The molecule has 0 aliphatic carbocycles. The number of rotatable bonds is 3. The molecule has 5 nitrogen and oxygen atoms in total. The van der Waals surface area contributed by atoms with Gasteiger partial charge in [0.25, 0.3) is 0 Å². The van der Waals surface area contributed by atoms with Gasteiger partial charge in [-0.05, 0) is 31.0 Å². The number of nitrogens with zero attached hydrogens (tertiary/aromatic N) is 5. The topological polar surface area (TPSA) is 46.8 Å². The number of hydrogen-bond donors (Lipinski definition) is 0. The van der Waals surface area contributed by atoms with Crippen molar-refractivity contribution < 1.29 is 0 Å². The van der Waals surface area contributed by atoms with Gasteiger partial charge in [-0.15, -0.1) is 0 Å². The summed E-state index contributed by atoms with van der Waals surface area (Å²) in [6.45, 7) is 5.10. The fraction of sp³-hybridized carbons (Fsp3) is 0.462. The maximum Gasteiger partial charge on any atom is 0.0771 e. The molecule has 3 heterocycles. The highest BCUT2D eigenvalue weighted by molar-refractivity contribution is 5.02. The highest BCUT2D eigenvalue weighted by Gasteiger charge is 2.24. The van der Waals surface area contributed by atoms with E-state index in [0.29, 0.717) is 6.04 Å². The van der Waals surface area contributed by atoms with Gasteiger partial charge >= 0.3 is 0 Å². The van der Waals surface area contributed by atoms with Gasteiger partial charge in [0.15, 0.2) is 0 Å². The maximum atomic E-state index is 4.40. The van der Waals surface area contributed by atoms with Crippen molar-refractivity contribution in [1.29, 1.82) is 0 Å². The van der Waals surface area contributed by atoms with Crippen molar-refractivity contribution in [1.82, 2.24) is 24.9 Å². The average molecular weight is 243 g/mol. The lowest BCUT2D eigenvalue weighted by atomic mass is 10.3. The smallest absolute Gasteiger partial charge is 0.0771 e. The van der Waals surface area contributed by atoms with Crippen molar-refractivity contribution >= 4 is 0 Å². The minimum absolute atomic E-state index is 0.496. The Morgan fingerprint density at radius 3 is 3.11 bits per heavy atom. The predicted molar refractivity (Wildman–Crippen MR) is 67.9 cm³/mol. The average Bonchev–Trinajstić information content (AvgIpc) is 2.99. The van der Waals surface area contributed by atoms with E-state index in [4.69, 9.17) is 0 Å². The molecule has 0 spiro atoms. The summed E-state index contributed by atoms with van der Waals surface area (Å²) in [4.78, 5) is 2.41. The molecule has 18 heavy (non-hydrogen) atoms. The van der Waals surface area contributed by atoms with Gasteiger partial charge in [0, 0.05) is 32.0 Å². The summed E-state index contributed by atoms with van der Waals surface area (Å²) in [5.41, 5.74) is 2.26. The Bertz CT molecular complexity index is 507. The summed E-state index contributed by atoms with van der Waals surface area (Å²) < 4.78 is 2.09. The van der Waals surface area contributed by atoms with Crippen molar-refractivity contribution in [2.75, 3.05) is 13.1 Å². The molecule has 1 unspecified atom stereocenters. The second-order valence-corrected chi connectivity index (χ2v) is 4.89. The van der Waals surface area contributed by atoms with Crippen LogP contribution < -0.4 is 0 Å². The molecule has 0 saturated carbocycles. The molecule has 94 valence electrons. The second-order valence-electron chi connectivity index (χ2n) is 4.89. The lowest BCUT2D eigenvalue weighted by Crippen LogP contribution is -2.22. The molecule has 1 fully saturated rings. The van der Waals surface area contributed by atoms with Gasteiger partial charge in [-0.2, -0.15) is 15.3 Å². The van der Waals surface area contributed by atoms with Gasteiger partial charge < -0.3 is 0 Å². The molecule has 0 N–H and O–H groups in total. The van der Waals surface area contributed by atoms with Crippen LogP contribution in [0, 0.1) is 6.92 Å². The Morgan fingerprint density at radius 1 is 1.44 bits per heavy atom. The van der Waals surface area contributed by atoms with Crippen molar-refractivity contribution in [2.45, 2.75) is 25.9 Å². The second kappa shape index (κ2) is 4.86. The Morgan fingerprint density at radius 2 is 2.39 bits per heavy atom. The van der Waals surface area contributed by atoms with E-state index >= 15 is 0 Å². The van der Waals surface area contributed by atoms with Crippen molar-refractivity contribution in [3.63, 3.8) is 0 Å². The summed E-state index contributed by atoms with van der Waals surface area (Å²) in [5, 5.41) is 12.4. The number of likely N-dealkylation sites (tertiary alicyclic amines) is 1. The van der Waals surface area contributed by atoms with E-state index in [2.05, 4.69) is 38.0 Å². The van der Waals surface area contributed by atoms with Gasteiger partial charge in [0.1, 0.15) is 0 Å². The van der Waals surface area contributed by atoms with E-state index in [1.54, 1.807) is 6.20 Å².